The fourth-order valence-electron chi connectivity index (χ4n) is 1.64. The van der Waals surface area contributed by atoms with E-state index in [1.807, 2.05) is 24.3 Å². The summed E-state index contributed by atoms with van der Waals surface area (Å²) in [6, 6.07) is 12.0. The van der Waals surface area contributed by atoms with Crippen molar-refractivity contribution in [1.82, 2.24) is 5.32 Å². The van der Waals surface area contributed by atoms with Crippen LogP contribution in [0.25, 0.3) is 0 Å². The molecule has 4 heteroatoms. The van der Waals surface area contributed by atoms with E-state index in [4.69, 9.17) is 17.3 Å². The zero-order chi connectivity index (χ0) is 12.1. The quantitative estimate of drug-likeness (QED) is 0.644. The highest BCUT2D eigenvalue weighted by atomic mass is 35.5. The minimum absolute atomic E-state index is 0.826. The van der Waals surface area contributed by atoms with Crippen molar-refractivity contribution >= 4 is 28.6 Å². The van der Waals surface area contributed by atoms with Crippen LogP contribution in [0.2, 0.25) is 4.34 Å². The third kappa shape index (κ3) is 4.04. The first-order valence-corrected chi connectivity index (χ1v) is 6.73. The molecular weight excluding hydrogens is 252 g/mol. The van der Waals surface area contributed by atoms with Crippen LogP contribution in [0, 0.1) is 0 Å². The Bertz CT molecular complexity index is 482. The van der Waals surface area contributed by atoms with Gasteiger partial charge in [0.2, 0.25) is 0 Å². The molecule has 0 saturated carbocycles. The normalized spacial score (nSPS) is 10.6. The highest BCUT2D eigenvalue weighted by Gasteiger charge is 1.98. The standard InChI is InChI=1S/C13H15ClN2S/c14-13-5-4-12(17-13)9-16-7-6-10-2-1-3-11(15)8-10/h1-5,8,16H,6-7,9,15H2. The molecule has 2 aromatic rings. The summed E-state index contributed by atoms with van der Waals surface area (Å²) in [4.78, 5) is 1.27. The lowest BCUT2D eigenvalue weighted by atomic mass is 10.1. The maximum atomic E-state index is 5.86. The predicted octanol–water partition coefficient (Wildman–Crippen LogP) is 3.32. The Kier molecular flexibility index (Phi) is 4.42. The van der Waals surface area contributed by atoms with Gasteiger partial charge in [0, 0.05) is 17.1 Å². The number of anilines is 1. The second-order valence-corrected chi connectivity index (χ2v) is 5.68. The predicted molar refractivity (Wildman–Crippen MR) is 75.6 cm³/mol. The Morgan fingerprint density at radius 1 is 1.24 bits per heavy atom. The maximum absolute atomic E-state index is 5.86. The van der Waals surface area contributed by atoms with Crippen LogP contribution in [0.5, 0.6) is 0 Å². The van der Waals surface area contributed by atoms with Crippen molar-refractivity contribution in [2.75, 3.05) is 12.3 Å². The molecule has 1 heterocycles. The van der Waals surface area contributed by atoms with E-state index in [0.29, 0.717) is 0 Å². The molecule has 0 aliphatic carbocycles. The van der Waals surface area contributed by atoms with E-state index in [-0.39, 0.29) is 0 Å². The fourth-order valence-corrected chi connectivity index (χ4v) is 2.70. The van der Waals surface area contributed by atoms with Crippen LogP contribution in [0.4, 0.5) is 5.69 Å². The van der Waals surface area contributed by atoms with Gasteiger partial charge in [0.15, 0.2) is 0 Å². The van der Waals surface area contributed by atoms with Crippen LogP contribution in [0.3, 0.4) is 0 Å². The number of rotatable bonds is 5. The van der Waals surface area contributed by atoms with Crippen molar-refractivity contribution in [3.63, 3.8) is 0 Å². The van der Waals surface area contributed by atoms with Crippen molar-refractivity contribution in [2.45, 2.75) is 13.0 Å². The highest BCUT2D eigenvalue weighted by Crippen LogP contribution is 2.20. The van der Waals surface area contributed by atoms with Crippen LogP contribution in [0.15, 0.2) is 36.4 Å². The number of hydrogen-bond donors (Lipinski definition) is 2. The van der Waals surface area contributed by atoms with Gasteiger partial charge in [0.1, 0.15) is 0 Å². The van der Waals surface area contributed by atoms with E-state index >= 15 is 0 Å². The molecule has 0 aliphatic heterocycles. The van der Waals surface area contributed by atoms with Gasteiger partial charge in [-0.3, -0.25) is 0 Å². The lowest BCUT2D eigenvalue weighted by molar-refractivity contribution is 0.694. The zero-order valence-corrected chi connectivity index (χ0v) is 11.0. The lowest BCUT2D eigenvalue weighted by Crippen LogP contribution is -2.15. The molecule has 90 valence electrons. The van der Waals surface area contributed by atoms with Crippen LogP contribution in [-0.2, 0) is 13.0 Å². The Morgan fingerprint density at radius 2 is 2.12 bits per heavy atom. The second kappa shape index (κ2) is 6.05. The molecule has 0 fully saturated rings. The molecule has 0 atom stereocenters. The molecule has 0 unspecified atom stereocenters. The SMILES string of the molecule is Nc1cccc(CCNCc2ccc(Cl)s2)c1. The first kappa shape index (κ1) is 12.4. The number of benzene rings is 1. The van der Waals surface area contributed by atoms with Gasteiger partial charge in [0.25, 0.3) is 0 Å². The third-order valence-electron chi connectivity index (χ3n) is 2.47. The Labute approximate surface area is 110 Å². The molecular formula is C13H15ClN2S. The molecule has 0 aliphatic rings. The van der Waals surface area contributed by atoms with Crippen molar-refractivity contribution in [1.29, 1.82) is 0 Å². The Hall–Kier alpha value is -1.03. The highest BCUT2D eigenvalue weighted by molar-refractivity contribution is 7.16. The summed E-state index contributed by atoms with van der Waals surface area (Å²) in [6.45, 7) is 1.82. The van der Waals surface area contributed by atoms with Gasteiger partial charge in [0.05, 0.1) is 4.34 Å². The summed E-state index contributed by atoms with van der Waals surface area (Å²) in [5, 5.41) is 3.39. The Balaban J connectivity index is 1.73. The summed E-state index contributed by atoms with van der Waals surface area (Å²) >= 11 is 7.48. The third-order valence-corrected chi connectivity index (χ3v) is 3.70. The lowest BCUT2D eigenvalue weighted by Gasteiger charge is -2.04. The molecule has 1 aromatic heterocycles. The topological polar surface area (TPSA) is 38.0 Å². The molecule has 0 amide bonds. The first-order chi connectivity index (χ1) is 8.24. The summed E-state index contributed by atoms with van der Waals surface area (Å²) in [7, 11) is 0. The molecule has 1 aromatic carbocycles. The van der Waals surface area contributed by atoms with E-state index in [0.717, 1.165) is 29.5 Å². The molecule has 3 N–H and O–H groups in total. The smallest absolute Gasteiger partial charge is 0.0931 e. The molecule has 2 rings (SSSR count). The second-order valence-electron chi connectivity index (χ2n) is 3.88. The van der Waals surface area contributed by atoms with Crippen molar-refractivity contribution < 1.29 is 0 Å². The molecule has 0 radical (unpaired) electrons. The van der Waals surface area contributed by atoms with E-state index in [9.17, 15) is 0 Å². The fraction of sp³-hybridized carbons (Fsp3) is 0.231. The number of hydrogen-bond acceptors (Lipinski definition) is 3. The summed E-state index contributed by atoms with van der Waals surface area (Å²) in [5.41, 5.74) is 7.82. The van der Waals surface area contributed by atoms with Crippen LogP contribution in [0.1, 0.15) is 10.4 Å². The van der Waals surface area contributed by atoms with E-state index in [1.54, 1.807) is 11.3 Å². The number of halogens is 1. The first-order valence-electron chi connectivity index (χ1n) is 5.53. The van der Waals surface area contributed by atoms with E-state index in [2.05, 4.69) is 17.4 Å². The van der Waals surface area contributed by atoms with Gasteiger partial charge in [-0.1, -0.05) is 23.7 Å². The van der Waals surface area contributed by atoms with Crippen LogP contribution < -0.4 is 11.1 Å². The minimum Gasteiger partial charge on any atom is -0.399 e. The maximum Gasteiger partial charge on any atom is 0.0931 e. The van der Waals surface area contributed by atoms with Gasteiger partial charge in [-0.05, 0) is 42.8 Å². The number of nitrogens with one attached hydrogen (secondary N) is 1. The van der Waals surface area contributed by atoms with Crippen molar-refractivity contribution in [3.8, 4) is 0 Å². The average molecular weight is 267 g/mol. The largest absolute Gasteiger partial charge is 0.399 e. The van der Waals surface area contributed by atoms with Gasteiger partial charge in [-0.15, -0.1) is 11.3 Å². The number of thiophene rings is 1. The van der Waals surface area contributed by atoms with Crippen molar-refractivity contribution in [2.24, 2.45) is 0 Å². The van der Waals surface area contributed by atoms with Crippen molar-refractivity contribution in [3.05, 3.63) is 51.2 Å². The van der Waals surface area contributed by atoms with Gasteiger partial charge < -0.3 is 11.1 Å². The van der Waals surface area contributed by atoms with Crippen LogP contribution >= 0.6 is 22.9 Å². The number of nitrogen functional groups attached to an aromatic ring is 1. The summed E-state index contributed by atoms with van der Waals surface area (Å²) < 4.78 is 0.845. The molecule has 17 heavy (non-hydrogen) atoms. The molecule has 0 saturated heterocycles. The summed E-state index contributed by atoms with van der Waals surface area (Å²) in [6.07, 6.45) is 0.990. The number of nitrogens with two attached hydrogens (primary N) is 1. The van der Waals surface area contributed by atoms with Gasteiger partial charge >= 0.3 is 0 Å². The summed E-state index contributed by atoms with van der Waals surface area (Å²) in [5.74, 6) is 0. The van der Waals surface area contributed by atoms with E-state index < -0.39 is 0 Å². The monoisotopic (exact) mass is 266 g/mol. The van der Waals surface area contributed by atoms with E-state index in [1.165, 1.54) is 10.4 Å². The molecule has 0 bridgehead atoms. The van der Waals surface area contributed by atoms with Gasteiger partial charge in [-0.2, -0.15) is 0 Å². The average Bonchev–Trinajstić information content (AvgIpc) is 2.71. The van der Waals surface area contributed by atoms with Gasteiger partial charge in [-0.25, -0.2) is 0 Å². The minimum atomic E-state index is 0.826. The molecule has 0 spiro atoms. The van der Waals surface area contributed by atoms with Crippen LogP contribution in [-0.4, -0.2) is 6.54 Å². The zero-order valence-electron chi connectivity index (χ0n) is 9.45. The molecule has 2 nitrogen and oxygen atoms in total. The Morgan fingerprint density at radius 3 is 2.82 bits per heavy atom.